The second-order valence-electron chi connectivity index (χ2n) is 3.01. The highest BCUT2D eigenvalue weighted by Crippen LogP contribution is 2.06. The van der Waals surface area contributed by atoms with Gasteiger partial charge in [-0.3, -0.25) is 0 Å². The van der Waals surface area contributed by atoms with Crippen LogP contribution in [0.25, 0.3) is 0 Å². The third kappa shape index (κ3) is 2.71. The highest BCUT2D eigenvalue weighted by Gasteiger charge is 2.03. The minimum Gasteiger partial charge on any atom is -0.366 e. The van der Waals surface area contributed by atoms with Crippen LogP contribution in [0.3, 0.4) is 0 Å². The second kappa shape index (κ2) is 5.20. The van der Waals surface area contributed by atoms with Crippen molar-refractivity contribution in [2.75, 3.05) is 11.9 Å². The molecule has 0 aliphatic carbocycles. The maximum Gasteiger partial charge on any atom is 0.142 e. The van der Waals surface area contributed by atoms with Gasteiger partial charge < -0.3 is 11.1 Å². The number of aromatic nitrogens is 1. The van der Waals surface area contributed by atoms with Crippen LogP contribution < -0.4 is 11.1 Å². The van der Waals surface area contributed by atoms with Gasteiger partial charge in [-0.1, -0.05) is 13.0 Å². The molecule has 1 rings (SSSR count). The first-order valence-corrected chi connectivity index (χ1v) is 4.64. The van der Waals surface area contributed by atoms with Crippen LogP contribution in [0.15, 0.2) is 18.2 Å². The van der Waals surface area contributed by atoms with Gasteiger partial charge in [0.2, 0.25) is 0 Å². The Bertz CT molecular complexity index is 325. The number of rotatable bonds is 4. The predicted molar refractivity (Wildman–Crippen MR) is 55.7 cm³/mol. The molecule has 0 aromatic carbocycles. The van der Waals surface area contributed by atoms with Gasteiger partial charge in [-0.2, -0.15) is 5.26 Å². The molecule has 0 amide bonds. The largest absolute Gasteiger partial charge is 0.366 e. The Morgan fingerprint density at radius 2 is 2.43 bits per heavy atom. The minimum atomic E-state index is 0.219. The van der Waals surface area contributed by atoms with Crippen molar-refractivity contribution in [2.45, 2.75) is 19.4 Å². The SMILES string of the molecule is CCC(CN)Nc1cccc(C#N)n1. The molecule has 0 saturated carbocycles. The highest BCUT2D eigenvalue weighted by atomic mass is 15.0. The summed E-state index contributed by atoms with van der Waals surface area (Å²) in [6.45, 7) is 2.62. The number of anilines is 1. The Morgan fingerprint density at radius 3 is 3.00 bits per heavy atom. The van der Waals surface area contributed by atoms with Crippen molar-refractivity contribution in [2.24, 2.45) is 5.73 Å². The first-order chi connectivity index (χ1) is 6.80. The first-order valence-electron chi connectivity index (χ1n) is 4.64. The summed E-state index contributed by atoms with van der Waals surface area (Å²) in [4.78, 5) is 4.10. The number of pyridine rings is 1. The zero-order chi connectivity index (χ0) is 10.4. The monoisotopic (exact) mass is 190 g/mol. The summed E-state index contributed by atoms with van der Waals surface area (Å²) >= 11 is 0. The fourth-order valence-electron chi connectivity index (χ4n) is 1.11. The van der Waals surface area contributed by atoms with Crippen LogP contribution in [-0.4, -0.2) is 17.6 Å². The molecule has 0 fully saturated rings. The van der Waals surface area contributed by atoms with Gasteiger partial charge in [-0.25, -0.2) is 4.98 Å². The summed E-state index contributed by atoms with van der Waals surface area (Å²) in [7, 11) is 0. The molecule has 0 radical (unpaired) electrons. The van der Waals surface area contributed by atoms with E-state index in [9.17, 15) is 0 Å². The van der Waals surface area contributed by atoms with Crippen molar-refractivity contribution in [3.63, 3.8) is 0 Å². The van der Waals surface area contributed by atoms with E-state index in [1.807, 2.05) is 12.1 Å². The fourth-order valence-corrected chi connectivity index (χ4v) is 1.11. The molecule has 74 valence electrons. The lowest BCUT2D eigenvalue weighted by Crippen LogP contribution is -2.28. The summed E-state index contributed by atoms with van der Waals surface area (Å²) in [6.07, 6.45) is 0.939. The minimum absolute atomic E-state index is 0.219. The van der Waals surface area contributed by atoms with Crippen LogP contribution in [0.1, 0.15) is 19.0 Å². The van der Waals surface area contributed by atoms with Gasteiger partial charge in [0.25, 0.3) is 0 Å². The third-order valence-corrected chi connectivity index (χ3v) is 1.99. The van der Waals surface area contributed by atoms with E-state index in [-0.39, 0.29) is 6.04 Å². The van der Waals surface area contributed by atoms with Crippen LogP contribution in [0.5, 0.6) is 0 Å². The van der Waals surface area contributed by atoms with Crippen molar-refractivity contribution in [3.05, 3.63) is 23.9 Å². The van der Waals surface area contributed by atoms with E-state index in [4.69, 9.17) is 11.0 Å². The number of nitriles is 1. The van der Waals surface area contributed by atoms with Gasteiger partial charge in [0, 0.05) is 12.6 Å². The van der Waals surface area contributed by atoms with E-state index in [0.717, 1.165) is 6.42 Å². The Balaban J connectivity index is 2.72. The van der Waals surface area contributed by atoms with Crippen LogP contribution >= 0.6 is 0 Å². The number of nitrogens with two attached hydrogens (primary N) is 1. The van der Waals surface area contributed by atoms with Crippen LogP contribution in [0.2, 0.25) is 0 Å². The van der Waals surface area contributed by atoms with E-state index < -0.39 is 0 Å². The van der Waals surface area contributed by atoms with Crippen molar-refractivity contribution >= 4 is 5.82 Å². The summed E-state index contributed by atoms with van der Waals surface area (Å²) < 4.78 is 0. The average molecular weight is 190 g/mol. The summed E-state index contributed by atoms with van der Waals surface area (Å²) in [5.41, 5.74) is 5.96. The fraction of sp³-hybridized carbons (Fsp3) is 0.400. The third-order valence-electron chi connectivity index (χ3n) is 1.99. The molecule has 3 N–H and O–H groups in total. The summed E-state index contributed by atoms with van der Waals surface area (Å²) in [5.74, 6) is 0.710. The number of nitrogens with one attached hydrogen (secondary N) is 1. The van der Waals surface area contributed by atoms with Gasteiger partial charge in [-0.05, 0) is 18.6 Å². The molecule has 1 heterocycles. The zero-order valence-corrected chi connectivity index (χ0v) is 8.20. The molecule has 1 aromatic heterocycles. The standard InChI is InChI=1S/C10H14N4/c1-2-8(6-11)13-10-5-3-4-9(7-12)14-10/h3-5,8H,2,6,11H2,1H3,(H,13,14). The lowest BCUT2D eigenvalue weighted by molar-refractivity contribution is 0.700. The second-order valence-corrected chi connectivity index (χ2v) is 3.01. The van der Waals surface area contributed by atoms with E-state index in [1.54, 1.807) is 12.1 Å². The molecule has 1 atom stereocenters. The molecule has 4 heteroatoms. The van der Waals surface area contributed by atoms with E-state index >= 15 is 0 Å². The molecule has 4 nitrogen and oxygen atoms in total. The Hall–Kier alpha value is -1.60. The van der Waals surface area contributed by atoms with Crippen molar-refractivity contribution in [3.8, 4) is 6.07 Å². The quantitative estimate of drug-likeness (QED) is 0.745. The van der Waals surface area contributed by atoms with E-state index in [0.29, 0.717) is 18.1 Å². The van der Waals surface area contributed by atoms with Crippen molar-refractivity contribution in [1.82, 2.24) is 4.98 Å². The highest BCUT2D eigenvalue weighted by molar-refractivity contribution is 5.39. The number of nitrogens with zero attached hydrogens (tertiary/aromatic N) is 2. The van der Waals surface area contributed by atoms with Gasteiger partial charge in [0.05, 0.1) is 0 Å². The zero-order valence-electron chi connectivity index (χ0n) is 8.20. The van der Waals surface area contributed by atoms with Gasteiger partial charge in [-0.15, -0.1) is 0 Å². The van der Waals surface area contributed by atoms with Crippen LogP contribution in [0.4, 0.5) is 5.82 Å². The molecule has 0 aliphatic heterocycles. The molecule has 0 spiro atoms. The molecular formula is C10H14N4. The molecule has 1 unspecified atom stereocenters. The lowest BCUT2D eigenvalue weighted by atomic mass is 10.2. The maximum atomic E-state index is 8.65. The van der Waals surface area contributed by atoms with Crippen LogP contribution in [0, 0.1) is 11.3 Å². The summed E-state index contributed by atoms with van der Waals surface area (Å²) in [6, 6.07) is 7.52. The van der Waals surface area contributed by atoms with Gasteiger partial charge in [0.1, 0.15) is 17.6 Å². The predicted octanol–water partition coefficient (Wildman–Crippen LogP) is 1.10. The molecule has 1 aromatic rings. The van der Waals surface area contributed by atoms with Gasteiger partial charge in [0.15, 0.2) is 0 Å². The van der Waals surface area contributed by atoms with Gasteiger partial charge >= 0.3 is 0 Å². The molecular weight excluding hydrogens is 176 g/mol. The molecule has 0 bridgehead atoms. The first kappa shape index (κ1) is 10.5. The Morgan fingerprint density at radius 1 is 1.64 bits per heavy atom. The van der Waals surface area contributed by atoms with Crippen molar-refractivity contribution in [1.29, 1.82) is 5.26 Å². The number of hydrogen-bond donors (Lipinski definition) is 2. The Kier molecular flexibility index (Phi) is 3.89. The smallest absolute Gasteiger partial charge is 0.142 e. The van der Waals surface area contributed by atoms with E-state index in [1.165, 1.54) is 0 Å². The van der Waals surface area contributed by atoms with E-state index in [2.05, 4.69) is 17.2 Å². The number of hydrogen-bond acceptors (Lipinski definition) is 4. The molecule has 0 aliphatic rings. The topological polar surface area (TPSA) is 74.7 Å². The average Bonchev–Trinajstić information content (AvgIpc) is 2.26. The van der Waals surface area contributed by atoms with Crippen molar-refractivity contribution < 1.29 is 0 Å². The lowest BCUT2D eigenvalue weighted by Gasteiger charge is -2.14. The normalized spacial score (nSPS) is 11.8. The summed E-state index contributed by atoms with van der Waals surface area (Å²) in [5, 5.41) is 11.8. The Labute approximate surface area is 83.8 Å². The molecule has 0 saturated heterocycles. The molecule has 14 heavy (non-hydrogen) atoms. The van der Waals surface area contributed by atoms with Crippen LogP contribution in [-0.2, 0) is 0 Å². The maximum absolute atomic E-state index is 8.65.